The summed E-state index contributed by atoms with van der Waals surface area (Å²) in [6.45, 7) is 3.13. The molecule has 2 heterocycles. The second-order valence-electron chi connectivity index (χ2n) is 4.86. The molecule has 3 rings (SSSR count). The summed E-state index contributed by atoms with van der Waals surface area (Å²) in [4.78, 5) is 4.47. The molecule has 0 saturated carbocycles. The monoisotopic (exact) mass is 243 g/mol. The first-order valence-electron chi connectivity index (χ1n) is 6.43. The van der Waals surface area contributed by atoms with Crippen LogP contribution in [0.15, 0.2) is 28.8 Å². The van der Waals surface area contributed by atoms with Gasteiger partial charge < -0.3 is 9.84 Å². The van der Waals surface area contributed by atoms with E-state index in [0.717, 1.165) is 31.1 Å². The molecule has 1 atom stereocenters. The van der Waals surface area contributed by atoms with E-state index in [0.29, 0.717) is 0 Å². The lowest BCUT2D eigenvalue weighted by Crippen LogP contribution is -2.13. The fourth-order valence-electron chi connectivity index (χ4n) is 2.26. The molecule has 1 aromatic heterocycles. The van der Waals surface area contributed by atoms with Gasteiger partial charge >= 0.3 is 0 Å². The molecule has 94 valence electrons. The van der Waals surface area contributed by atoms with Crippen molar-refractivity contribution in [3.05, 3.63) is 47.1 Å². The summed E-state index contributed by atoms with van der Waals surface area (Å²) in [6.07, 6.45) is 3.00. The number of hydrogen-bond donors (Lipinski definition) is 1. The molecule has 1 fully saturated rings. The van der Waals surface area contributed by atoms with Gasteiger partial charge in [0.1, 0.15) is 0 Å². The number of nitrogens with zero attached hydrogens (tertiary/aromatic N) is 2. The van der Waals surface area contributed by atoms with E-state index in [-0.39, 0.29) is 6.04 Å². The molecule has 0 amide bonds. The van der Waals surface area contributed by atoms with Crippen LogP contribution in [0.1, 0.15) is 41.7 Å². The van der Waals surface area contributed by atoms with Crippen LogP contribution in [0.2, 0.25) is 0 Å². The van der Waals surface area contributed by atoms with Crippen molar-refractivity contribution in [2.45, 2.75) is 32.2 Å². The normalized spacial score (nSPS) is 19.3. The lowest BCUT2D eigenvalue weighted by Gasteiger charge is -2.01. The Morgan fingerprint density at radius 3 is 2.89 bits per heavy atom. The summed E-state index contributed by atoms with van der Waals surface area (Å²) in [5, 5.41) is 7.41. The molecule has 0 bridgehead atoms. The van der Waals surface area contributed by atoms with Crippen molar-refractivity contribution in [1.29, 1.82) is 0 Å². The quantitative estimate of drug-likeness (QED) is 0.899. The van der Waals surface area contributed by atoms with Crippen molar-refractivity contribution in [3.8, 4) is 0 Å². The van der Waals surface area contributed by atoms with Gasteiger partial charge in [0.2, 0.25) is 5.89 Å². The van der Waals surface area contributed by atoms with Crippen molar-refractivity contribution in [2.75, 3.05) is 6.54 Å². The number of aromatic nitrogens is 2. The first-order chi connectivity index (χ1) is 8.81. The van der Waals surface area contributed by atoms with Crippen molar-refractivity contribution in [2.24, 2.45) is 0 Å². The van der Waals surface area contributed by atoms with Crippen LogP contribution in [0, 0.1) is 6.92 Å². The van der Waals surface area contributed by atoms with Crippen molar-refractivity contribution < 1.29 is 4.52 Å². The molecule has 1 unspecified atom stereocenters. The largest absolute Gasteiger partial charge is 0.338 e. The van der Waals surface area contributed by atoms with E-state index in [1.54, 1.807) is 0 Å². The molecule has 1 saturated heterocycles. The van der Waals surface area contributed by atoms with Gasteiger partial charge in [0.05, 0.1) is 6.04 Å². The summed E-state index contributed by atoms with van der Waals surface area (Å²) in [5.74, 6) is 1.50. The topological polar surface area (TPSA) is 51.0 Å². The maximum atomic E-state index is 5.32. The summed E-state index contributed by atoms with van der Waals surface area (Å²) in [5.41, 5.74) is 2.48. The van der Waals surface area contributed by atoms with E-state index in [9.17, 15) is 0 Å². The zero-order valence-corrected chi connectivity index (χ0v) is 10.5. The van der Waals surface area contributed by atoms with Crippen LogP contribution in [0.25, 0.3) is 0 Å². The summed E-state index contributed by atoms with van der Waals surface area (Å²) in [6, 6.07) is 8.69. The summed E-state index contributed by atoms with van der Waals surface area (Å²) < 4.78 is 5.32. The highest BCUT2D eigenvalue weighted by Crippen LogP contribution is 2.21. The minimum Gasteiger partial charge on any atom is -0.338 e. The minimum absolute atomic E-state index is 0.254. The zero-order chi connectivity index (χ0) is 12.4. The maximum absolute atomic E-state index is 5.32. The lowest BCUT2D eigenvalue weighted by molar-refractivity contribution is 0.341. The molecule has 1 aliphatic rings. The van der Waals surface area contributed by atoms with E-state index in [2.05, 4.69) is 46.6 Å². The Bertz CT molecular complexity index is 512. The lowest BCUT2D eigenvalue weighted by atomic mass is 10.1. The van der Waals surface area contributed by atoms with Crippen LogP contribution in [0.4, 0.5) is 0 Å². The third kappa shape index (κ3) is 2.43. The summed E-state index contributed by atoms with van der Waals surface area (Å²) in [7, 11) is 0. The Kier molecular flexibility index (Phi) is 3.11. The Hall–Kier alpha value is -1.68. The Balaban J connectivity index is 1.71. The van der Waals surface area contributed by atoms with Gasteiger partial charge in [0.25, 0.3) is 0 Å². The van der Waals surface area contributed by atoms with Gasteiger partial charge in [-0.25, -0.2) is 0 Å². The number of nitrogens with one attached hydrogen (secondary N) is 1. The van der Waals surface area contributed by atoms with Gasteiger partial charge in [0.15, 0.2) is 5.82 Å². The predicted octanol–water partition coefficient (Wildman–Crippen LogP) is 2.39. The highest BCUT2D eigenvalue weighted by Gasteiger charge is 2.22. The van der Waals surface area contributed by atoms with Gasteiger partial charge in [0, 0.05) is 6.42 Å². The van der Waals surface area contributed by atoms with E-state index in [4.69, 9.17) is 4.52 Å². The Morgan fingerprint density at radius 2 is 2.17 bits per heavy atom. The molecule has 1 N–H and O–H groups in total. The van der Waals surface area contributed by atoms with Crippen LogP contribution in [0.3, 0.4) is 0 Å². The van der Waals surface area contributed by atoms with Gasteiger partial charge in [-0.2, -0.15) is 4.98 Å². The van der Waals surface area contributed by atoms with Crippen molar-refractivity contribution in [1.82, 2.24) is 15.5 Å². The highest BCUT2D eigenvalue weighted by atomic mass is 16.5. The molecule has 18 heavy (non-hydrogen) atoms. The second-order valence-corrected chi connectivity index (χ2v) is 4.86. The third-order valence-corrected chi connectivity index (χ3v) is 3.33. The molecule has 1 aromatic carbocycles. The minimum atomic E-state index is 0.254. The van der Waals surface area contributed by atoms with Crippen molar-refractivity contribution >= 4 is 0 Å². The second kappa shape index (κ2) is 4.90. The number of rotatable bonds is 3. The highest BCUT2D eigenvalue weighted by molar-refractivity contribution is 5.23. The number of aryl methyl sites for hydroxylation is 1. The third-order valence-electron chi connectivity index (χ3n) is 3.33. The van der Waals surface area contributed by atoms with Gasteiger partial charge in [-0.3, -0.25) is 0 Å². The molecule has 2 aromatic rings. The fourth-order valence-corrected chi connectivity index (χ4v) is 2.26. The number of benzene rings is 1. The molecule has 1 aliphatic heterocycles. The Morgan fingerprint density at radius 1 is 1.33 bits per heavy atom. The van der Waals surface area contributed by atoms with Gasteiger partial charge in [-0.15, -0.1) is 0 Å². The maximum Gasteiger partial charge on any atom is 0.243 e. The van der Waals surface area contributed by atoms with Crippen molar-refractivity contribution in [3.63, 3.8) is 0 Å². The van der Waals surface area contributed by atoms with Crippen LogP contribution in [-0.4, -0.2) is 16.7 Å². The van der Waals surface area contributed by atoms with Gasteiger partial charge in [-0.1, -0.05) is 35.0 Å². The average molecular weight is 243 g/mol. The van der Waals surface area contributed by atoms with Crippen LogP contribution >= 0.6 is 0 Å². The van der Waals surface area contributed by atoms with Crippen LogP contribution < -0.4 is 5.32 Å². The first-order valence-corrected chi connectivity index (χ1v) is 6.43. The van der Waals surface area contributed by atoms with E-state index < -0.39 is 0 Å². The smallest absolute Gasteiger partial charge is 0.243 e. The SMILES string of the molecule is Cc1ccc(Cc2noc(C3CCCN3)n2)cc1. The molecular formula is C14H17N3O. The molecular weight excluding hydrogens is 226 g/mol. The molecule has 0 spiro atoms. The van der Waals surface area contributed by atoms with E-state index >= 15 is 0 Å². The van der Waals surface area contributed by atoms with Crippen LogP contribution in [0.5, 0.6) is 0 Å². The van der Waals surface area contributed by atoms with E-state index in [1.807, 2.05) is 0 Å². The molecule has 4 heteroatoms. The molecule has 0 radical (unpaired) electrons. The van der Waals surface area contributed by atoms with Crippen LogP contribution in [-0.2, 0) is 6.42 Å². The van der Waals surface area contributed by atoms with E-state index in [1.165, 1.54) is 17.5 Å². The first kappa shape index (κ1) is 11.4. The predicted molar refractivity (Wildman–Crippen MR) is 68.3 cm³/mol. The molecule has 4 nitrogen and oxygen atoms in total. The fraction of sp³-hybridized carbons (Fsp3) is 0.429. The average Bonchev–Trinajstić information content (AvgIpc) is 3.02. The summed E-state index contributed by atoms with van der Waals surface area (Å²) >= 11 is 0. The Labute approximate surface area is 106 Å². The standard InChI is InChI=1S/C14H17N3O/c1-10-4-6-11(7-5-10)9-13-16-14(18-17-13)12-3-2-8-15-12/h4-7,12,15H,2-3,8-9H2,1H3. The zero-order valence-electron chi connectivity index (χ0n) is 10.5. The number of hydrogen-bond acceptors (Lipinski definition) is 4. The molecule has 0 aliphatic carbocycles. The van der Waals surface area contributed by atoms with Gasteiger partial charge in [-0.05, 0) is 31.9 Å².